The minimum Gasteiger partial charge on any atom is -0.436 e. The zero-order valence-electron chi connectivity index (χ0n) is 11.4. The van der Waals surface area contributed by atoms with Crippen molar-refractivity contribution >= 4 is 21.6 Å². The van der Waals surface area contributed by atoms with Crippen molar-refractivity contribution in [2.24, 2.45) is 0 Å². The maximum absolute atomic E-state index is 5.87. The van der Waals surface area contributed by atoms with Gasteiger partial charge in [0.25, 0.3) is 5.88 Å². The van der Waals surface area contributed by atoms with E-state index < -0.39 is 0 Å². The highest BCUT2D eigenvalue weighted by Gasteiger charge is 2.11. The van der Waals surface area contributed by atoms with Crippen LogP contribution < -0.4 is 4.74 Å². The minimum absolute atomic E-state index is 0.453. The standard InChI is InChI=1S/C14H13BrN4O/c1-8-6-11(7-9(2)12(8)15)20-14-13-18-17-10(3)19(13)5-4-16-14/h4-7H,1-3H3. The second-order valence-electron chi connectivity index (χ2n) is 4.65. The molecule has 0 radical (unpaired) electrons. The topological polar surface area (TPSA) is 52.3 Å². The van der Waals surface area contributed by atoms with Crippen LogP contribution >= 0.6 is 15.9 Å². The summed E-state index contributed by atoms with van der Waals surface area (Å²) in [5.74, 6) is 1.99. The summed E-state index contributed by atoms with van der Waals surface area (Å²) in [5.41, 5.74) is 2.84. The molecule has 6 heteroatoms. The first-order chi connectivity index (χ1) is 9.56. The first-order valence-corrected chi connectivity index (χ1v) is 6.96. The van der Waals surface area contributed by atoms with Crippen LogP contribution in [0, 0.1) is 20.8 Å². The minimum atomic E-state index is 0.453. The van der Waals surface area contributed by atoms with Crippen LogP contribution in [0.15, 0.2) is 29.0 Å². The molecule has 5 nitrogen and oxygen atoms in total. The molecule has 0 aliphatic heterocycles. The van der Waals surface area contributed by atoms with Gasteiger partial charge in [-0.15, -0.1) is 10.2 Å². The third kappa shape index (κ3) is 2.16. The van der Waals surface area contributed by atoms with Gasteiger partial charge in [0.05, 0.1) is 0 Å². The monoisotopic (exact) mass is 332 g/mol. The van der Waals surface area contributed by atoms with E-state index in [0.29, 0.717) is 11.5 Å². The summed E-state index contributed by atoms with van der Waals surface area (Å²) >= 11 is 3.54. The Morgan fingerprint density at radius 3 is 2.50 bits per heavy atom. The fourth-order valence-corrected chi connectivity index (χ4v) is 2.30. The maximum atomic E-state index is 5.87. The Kier molecular flexibility index (Phi) is 3.17. The van der Waals surface area contributed by atoms with E-state index in [4.69, 9.17) is 4.74 Å². The van der Waals surface area contributed by atoms with Crippen LogP contribution in [0.2, 0.25) is 0 Å². The van der Waals surface area contributed by atoms with Crippen LogP contribution in [0.1, 0.15) is 17.0 Å². The zero-order chi connectivity index (χ0) is 14.3. The quantitative estimate of drug-likeness (QED) is 0.719. The Labute approximate surface area is 124 Å². The SMILES string of the molecule is Cc1cc(Oc2nccn3c(C)nnc23)cc(C)c1Br. The molecule has 1 aromatic carbocycles. The molecule has 3 aromatic rings. The summed E-state index contributed by atoms with van der Waals surface area (Å²) in [7, 11) is 0. The van der Waals surface area contributed by atoms with Gasteiger partial charge in [-0.1, -0.05) is 15.9 Å². The number of rotatable bonds is 2. The predicted molar refractivity (Wildman–Crippen MR) is 79.2 cm³/mol. The second kappa shape index (κ2) is 4.86. The molecule has 0 atom stereocenters. The van der Waals surface area contributed by atoms with E-state index in [1.54, 1.807) is 6.20 Å². The lowest BCUT2D eigenvalue weighted by atomic mass is 10.1. The van der Waals surface area contributed by atoms with E-state index in [0.717, 1.165) is 27.2 Å². The van der Waals surface area contributed by atoms with Gasteiger partial charge in [-0.05, 0) is 44.0 Å². The first-order valence-electron chi connectivity index (χ1n) is 6.17. The fraction of sp³-hybridized carbons (Fsp3) is 0.214. The van der Waals surface area contributed by atoms with Crippen molar-refractivity contribution in [1.82, 2.24) is 19.6 Å². The Balaban J connectivity index is 2.05. The molecule has 20 heavy (non-hydrogen) atoms. The van der Waals surface area contributed by atoms with Crippen molar-refractivity contribution in [3.63, 3.8) is 0 Å². The average molecular weight is 333 g/mol. The largest absolute Gasteiger partial charge is 0.436 e. The highest BCUT2D eigenvalue weighted by Crippen LogP contribution is 2.29. The number of aromatic nitrogens is 4. The normalized spacial score (nSPS) is 11.0. The van der Waals surface area contributed by atoms with Crippen molar-refractivity contribution in [3.05, 3.63) is 46.0 Å². The highest BCUT2D eigenvalue weighted by atomic mass is 79.9. The van der Waals surface area contributed by atoms with Crippen molar-refractivity contribution in [2.45, 2.75) is 20.8 Å². The van der Waals surface area contributed by atoms with E-state index >= 15 is 0 Å². The maximum Gasteiger partial charge on any atom is 0.265 e. The smallest absolute Gasteiger partial charge is 0.265 e. The molecule has 3 rings (SSSR count). The summed E-state index contributed by atoms with van der Waals surface area (Å²) in [6.45, 7) is 5.94. The zero-order valence-corrected chi connectivity index (χ0v) is 13.0. The lowest BCUT2D eigenvalue weighted by molar-refractivity contribution is 0.464. The molecule has 2 aromatic heterocycles. The average Bonchev–Trinajstić information content (AvgIpc) is 2.79. The van der Waals surface area contributed by atoms with Crippen LogP contribution in [0.5, 0.6) is 11.6 Å². The number of ether oxygens (including phenoxy) is 1. The van der Waals surface area contributed by atoms with Crippen molar-refractivity contribution in [2.75, 3.05) is 0 Å². The van der Waals surface area contributed by atoms with Crippen LogP contribution in [0.4, 0.5) is 0 Å². The fourth-order valence-electron chi connectivity index (χ4n) is 2.07. The molecule has 102 valence electrons. The van der Waals surface area contributed by atoms with Gasteiger partial charge < -0.3 is 4.74 Å². The van der Waals surface area contributed by atoms with E-state index in [1.165, 1.54) is 0 Å². The predicted octanol–water partition coefficient (Wildman–Crippen LogP) is 3.60. The molecule has 2 heterocycles. The number of hydrogen-bond donors (Lipinski definition) is 0. The molecule has 0 amide bonds. The molecule has 0 aliphatic carbocycles. The Hall–Kier alpha value is -1.95. The number of fused-ring (bicyclic) bond motifs is 1. The van der Waals surface area contributed by atoms with Crippen LogP contribution in [-0.2, 0) is 0 Å². The Morgan fingerprint density at radius 1 is 1.10 bits per heavy atom. The molecule has 0 bridgehead atoms. The van der Waals surface area contributed by atoms with Crippen LogP contribution in [-0.4, -0.2) is 19.6 Å². The second-order valence-corrected chi connectivity index (χ2v) is 5.44. The van der Waals surface area contributed by atoms with Gasteiger partial charge in [0.15, 0.2) is 0 Å². The molecule has 0 spiro atoms. The van der Waals surface area contributed by atoms with Gasteiger partial charge in [0, 0.05) is 16.9 Å². The molecule has 0 unspecified atom stereocenters. The van der Waals surface area contributed by atoms with Crippen molar-refractivity contribution in [3.8, 4) is 11.6 Å². The molecule has 0 saturated heterocycles. The van der Waals surface area contributed by atoms with E-state index in [2.05, 4.69) is 31.1 Å². The van der Waals surface area contributed by atoms with E-state index in [1.807, 2.05) is 43.5 Å². The summed E-state index contributed by atoms with van der Waals surface area (Å²) in [6, 6.07) is 3.93. The Morgan fingerprint density at radius 2 is 1.80 bits per heavy atom. The third-order valence-corrected chi connectivity index (χ3v) is 4.34. The number of aryl methyl sites for hydroxylation is 3. The summed E-state index contributed by atoms with van der Waals surface area (Å²) in [5, 5.41) is 8.13. The van der Waals surface area contributed by atoms with Gasteiger partial charge in [-0.25, -0.2) is 4.98 Å². The Bertz CT molecular complexity index is 774. The lowest BCUT2D eigenvalue weighted by Gasteiger charge is -2.09. The van der Waals surface area contributed by atoms with Gasteiger partial charge >= 0.3 is 0 Å². The first kappa shape index (κ1) is 13.1. The van der Waals surface area contributed by atoms with Crippen LogP contribution in [0.3, 0.4) is 0 Å². The molecule has 0 fully saturated rings. The number of halogens is 1. The highest BCUT2D eigenvalue weighted by molar-refractivity contribution is 9.10. The van der Waals surface area contributed by atoms with E-state index in [-0.39, 0.29) is 0 Å². The van der Waals surface area contributed by atoms with Gasteiger partial charge in [-0.3, -0.25) is 4.40 Å². The van der Waals surface area contributed by atoms with E-state index in [9.17, 15) is 0 Å². The molecule has 0 N–H and O–H groups in total. The summed E-state index contributed by atoms with van der Waals surface area (Å²) in [4.78, 5) is 4.24. The molecular weight excluding hydrogens is 320 g/mol. The summed E-state index contributed by atoms with van der Waals surface area (Å²) in [6.07, 6.45) is 3.49. The molecule has 0 saturated carbocycles. The van der Waals surface area contributed by atoms with Crippen molar-refractivity contribution < 1.29 is 4.74 Å². The molecular formula is C14H13BrN4O. The third-order valence-electron chi connectivity index (χ3n) is 3.09. The number of hydrogen-bond acceptors (Lipinski definition) is 4. The molecule has 0 aliphatic rings. The van der Waals surface area contributed by atoms with Crippen LogP contribution in [0.25, 0.3) is 5.65 Å². The van der Waals surface area contributed by atoms with Gasteiger partial charge in [0.2, 0.25) is 5.65 Å². The number of benzene rings is 1. The van der Waals surface area contributed by atoms with Gasteiger partial charge in [-0.2, -0.15) is 0 Å². The number of nitrogens with zero attached hydrogens (tertiary/aromatic N) is 4. The van der Waals surface area contributed by atoms with Crippen molar-refractivity contribution in [1.29, 1.82) is 0 Å². The van der Waals surface area contributed by atoms with Gasteiger partial charge in [0.1, 0.15) is 11.6 Å². The lowest BCUT2D eigenvalue weighted by Crippen LogP contribution is -1.95. The summed E-state index contributed by atoms with van der Waals surface area (Å²) < 4.78 is 8.81.